The monoisotopic (exact) mass is 670 g/mol. The molecule has 0 aliphatic heterocycles. The summed E-state index contributed by atoms with van der Waals surface area (Å²) in [4.78, 5) is 0. The fourth-order valence-corrected chi connectivity index (χ4v) is 8.58. The average Bonchev–Trinajstić information content (AvgIpc) is 3.76. The second-order valence-corrected chi connectivity index (χ2v) is 14.2. The minimum absolute atomic E-state index is 0.177. The van der Waals surface area contributed by atoms with E-state index in [-0.39, 0.29) is 51.1 Å². The van der Waals surface area contributed by atoms with E-state index in [1.165, 1.54) is 22.3 Å². The summed E-state index contributed by atoms with van der Waals surface area (Å²) in [7, 11) is 0. The Balaban J connectivity index is 1.19. The fourth-order valence-electron chi connectivity index (χ4n) is 8.58. The first-order chi connectivity index (χ1) is 28.9. The van der Waals surface area contributed by atoms with Crippen molar-refractivity contribution in [3.05, 3.63) is 181 Å². The van der Waals surface area contributed by atoms with Gasteiger partial charge in [0, 0.05) is 21.6 Å². The van der Waals surface area contributed by atoms with E-state index in [0.29, 0.717) is 33.4 Å². The van der Waals surface area contributed by atoms with Crippen molar-refractivity contribution >= 4 is 54.3 Å². The molecule has 1 aliphatic carbocycles. The standard InChI is InChI=1S/C51H34O/c1-51(2)45-18-10-9-13-37(45)38-26-24-34(30-46(38)51)31-19-21-33(22-20-31)48-39-14-5-7-16-41(39)49(42-17-8-6-15-40(42)48)35-25-28-47-44(29-35)43-27-23-32-11-3-4-12-36(32)50(43)52-47/h3-30H,1-2H3/i5D,6D,7D,8D,14D,15D,16D,17D. The maximum Gasteiger partial charge on any atom is 0.143 e. The largest absolute Gasteiger partial charge is 0.455 e. The van der Waals surface area contributed by atoms with Crippen LogP contribution in [0.3, 0.4) is 0 Å². The van der Waals surface area contributed by atoms with E-state index in [0.717, 1.165) is 32.7 Å². The van der Waals surface area contributed by atoms with Crippen LogP contribution >= 0.6 is 0 Å². The molecule has 52 heavy (non-hydrogen) atoms. The van der Waals surface area contributed by atoms with Gasteiger partial charge in [0.1, 0.15) is 11.2 Å². The van der Waals surface area contributed by atoms with Crippen LogP contribution in [0.5, 0.6) is 0 Å². The van der Waals surface area contributed by atoms with Crippen LogP contribution in [0.15, 0.2) is 174 Å². The number of fused-ring (bicyclic) bond motifs is 10. The number of benzene rings is 9. The third-order valence-electron chi connectivity index (χ3n) is 11.1. The number of hydrogen-bond acceptors (Lipinski definition) is 1. The Bertz CT molecular complexity index is 3470. The van der Waals surface area contributed by atoms with Crippen LogP contribution in [0, 0.1) is 0 Å². The summed E-state index contributed by atoms with van der Waals surface area (Å²) in [6.07, 6.45) is 0. The molecule has 0 saturated heterocycles. The lowest BCUT2D eigenvalue weighted by molar-refractivity contribution is 0.660. The van der Waals surface area contributed by atoms with Gasteiger partial charge in [-0.2, -0.15) is 0 Å². The summed E-state index contributed by atoms with van der Waals surface area (Å²) in [5.74, 6) is 0. The van der Waals surface area contributed by atoms with E-state index < -0.39 is 24.2 Å². The Labute approximate surface area is 313 Å². The zero-order valence-corrected chi connectivity index (χ0v) is 28.5. The van der Waals surface area contributed by atoms with Gasteiger partial charge in [-0.1, -0.05) is 159 Å². The van der Waals surface area contributed by atoms with Crippen molar-refractivity contribution < 1.29 is 15.4 Å². The molecule has 0 N–H and O–H groups in total. The van der Waals surface area contributed by atoms with E-state index in [9.17, 15) is 5.48 Å². The van der Waals surface area contributed by atoms with Gasteiger partial charge in [0.25, 0.3) is 0 Å². The number of rotatable bonds is 3. The number of hydrogen-bond donors (Lipinski definition) is 0. The topological polar surface area (TPSA) is 13.1 Å². The molecule has 0 amide bonds. The maximum atomic E-state index is 9.41. The lowest BCUT2D eigenvalue weighted by atomic mass is 9.81. The van der Waals surface area contributed by atoms with Crippen molar-refractivity contribution in [2.75, 3.05) is 0 Å². The molecule has 11 rings (SSSR count). The fraction of sp³-hybridized carbons (Fsp3) is 0.0588. The molecular formula is C51H34O. The Hall–Kier alpha value is -6.44. The van der Waals surface area contributed by atoms with Crippen molar-refractivity contribution in [2.45, 2.75) is 19.3 Å². The zero-order chi connectivity index (χ0) is 41.5. The molecule has 0 atom stereocenters. The van der Waals surface area contributed by atoms with Gasteiger partial charge in [0.15, 0.2) is 0 Å². The Kier molecular flexibility index (Phi) is 4.64. The molecular weight excluding hydrogens is 629 g/mol. The van der Waals surface area contributed by atoms with E-state index in [1.807, 2.05) is 72.8 Å². The summed E-state index contributed by atoms with van der Waals surface area (Å²) in [6.45, 7) is 4.48. The Morgan fingerprint density at radius 3 is 1.79 bits per heavy atom. The van der Waals surface area contributed by atoms with Crippen LogP contribution in [-0.2, 0) is 5.41 Å². The highest BCUT2D eigenvalue weighted by Gasteiger charge is 2.35. The summed E-state index contributed by atoms with van der Waals surface area (Å²) >= 11 is 0. The van der Waals surface area contributed by atoms with Gasteiger partial charge in [-0.05, 0) is 107 Å². The van der Waals surface area contributed by atoms with Crippen molar-refractivity contribution in [3.8, 4) is 44.5 Å². The highest BCUT2D eigenvalue weighted by molar-refractivity contribution is 6.22. The second kappa shape index (κ2) is 10.8. The van der Waals surface area contributed by atoms with Crippen LogP contribution in [0.1, 0.15) is 35.9 Å². The van der Waals surface area contributed by atoms with Gasteiger partial charge in [-0.25, -0.2) is 0 Å². The van der Waals surface area contributed by atoms with Crippen LogP contribution < -0.4 is 0 Å². The minimum atomic E-state index is -0.432. The molecule has 1 heterocycles. The molecule has 1 aliphatic rings. The first-order valence-corrected chi connectivity index (χ1v) is 17.5. The highest BCUT2D eigenvalue weighted by atomic mass is 16.3. The van der Waals surface area contributed by atoms with Crippen molar-refractivity contribution in [2.24, 2.45) is 0 Å². The van der Waals surface area contributed by atoms with E-state index in [1.54, 1.807) is 6.07 Å². The molecule has 0 spiro atoms. The van der Waals surface area contributed by atoms with Crippen LogP contribution in [0.2, 0.25) is 0 Å². The van der Waals surface area contributed by atoms with Gasteiger partial charge in [0.2, 0.25) is 0 Å². The van der Waals surface area contributed by atoms with E-state index in [2.05, 4.69) is 56.3 Å². The van der Waals surface area contributed by atoms with E-state index >= 15 is 0 Å². The summed E-state index contributed by atoms with van der Waals surface area (Å²) in [6, 6.07) is 37.3. The highest BCUT2D eigenvalue weighted by Crippen LogP contribution is 2.50. The van der Waals surface area contributed by atoms with Gasteiger partial charge < -0.3 is 4.42 Å². The molecule has 0 fully saturated rings. The number of furan rings is 1. The Morgan fingerprint density at radius 2 is 1.04 bits per heavy atom. The second-order valence-electron chi connectivity index (χ2n) is 14.2. The van der Waals surface area contributed by atoms with E-state index in [4.69, 9.17) is 9.90 Å². The molecule has 244 valence electrons. The smallest absolute Gasteiger partial charge is 0.143 e. The lowest BCUT2D eigenvalue weighted by Crippen LogP contribution is -2.14. The zero-order valence-electron chi connectivity index (χ0n) is 36.5. The molecule has 0 unspecified atom stereocenters. The predicted molar refractivity (Wildman–Crippen MR) is 220 cm³/mol. The lowest BCUT2D eigenvalue weighted by Gasteiger charge is -2.22. The average molecular weight is 671 g/mol. The van der Waals surface area contributed by atoms with Crippen molar-refractivity contribution in [1.82, 2.24) is 0 Å². The van der Waals surface area contributed by atoms with Crippen LogP contribution in [0.4, 0.5) is 0 Å². The molecule has 0 bridgehead atoms. The Morgan fingerprint density at radius 1 is 0.442 bits per heavy atom. The van der Waals surface area contributed by atoms with Gasteiger partial charge >= 0.3 is 0 Å². The predicted octanol–water partition coefficient (Wildman–Crippen LogP) is 14.4. The van der Waals surface area contributed by atoms with Crippen molar-refractivity contribution in [3.63, 3.8) is 0 Å². The third-order valence-corrected chi connectivity index (χ3v) is 11.1. The minimum Gasteiger partial charge on any atom is -0.455 e. The molecule has 0 radical (unpaired) electrons. The first kappa shape index (κ1) is 22.4. The van der Waals surface area contributed by atoms with Crippen LogP contribution in [-0.4, -0.2) is 0 Å². The SMILES string of the molecule is [2H]c1c([2H])c([2H])c2c(-c3ccc4oc5c6ccccc6ccc5c4c3)c3c([2H])c([2H])c([2H])c([2H])c3c(-c3ccc(-c4ccc5c(c4)C(C)(C)c4ccccc4-5)cc3)c2c1[2H]. The normalized spacial score (nSPS) is 15.5. The maximum absolute atomic E-state index is 9.41. The van der Waals surface area contributed by atoms with Crippen LogP contribution in [0.25, 0.3) is 98.8 Å². The summed E-state index contributed by atoms with van der Waals surface area (Å²) in [5.41, 5.74) is 9.81. The molecule has 0 saturated carbocycles. The molecule has 1 aromatic heterocycles. The van der Waals surface area contributed by atoms with Crippen molar-refractivity contribution in [1.29, 1.82) is 0 Å². The summed E-state index contributed by atoms with van der Waals surface area (Å²) < 4.78 is 79.5. The molecule has 10 aromatic rings. The van der Waals surface area contributed by atoms with Gasteiger partial charge in [-0.15, -0.1) is 0 Å². The molecule has 1 nitrogen and oxygen atoms in total. The quantitative estimate of drug-likeness (QED) is 0.171. The first-order valence-electron chi connectivity index (χ1n) is 21.5. The molecule has 1 heteroatoms. The van der Waals surface area contributed by atoms with Gasteiger partial charge in [-0.3, -0.25) is 0 Å². The summed E-state index contributed by atoms with van der Waals surface area (Å²) in [5, 5.41) is 4.33. The third kappa shape index (κ3) is 4.11. The molecule has 9 aromatic carbocycles. The van der Waals surface area contributed by atoms with Gasteiger partial charge in [0.05, 0.1) is 11.0 Å².